The molecule has 0 N–H and O–H groups in total. The Morgan fingerprint density at radius 2 is 2.15 bits per heavy atom. The minimum atomic E-state index is 0.802. The minimum absolute atomic E-state index is 0.802. The number of thiazole rings is 1. The summed E-state index contributed by atoms with van der Waals surface area (Å²) in [6.45, 7) is 2.84. The number of benzene rings is 1. The zero-order valence-electron chi connectivity index (χ0n) is 11.3. The summed E-state index contributed by atoms with van der Waals surface area (Å²) in [6.07, 6.45) is 1.85. The summed E-state index contributed by atoms with van der Waals surface area (Å²) in [5.41, 5.74) is 3.27. The van der Waals surface area contributed by atoms with Gasteiger partial charge in [-0.15, -0.1) is 11.3 Å². The van der Waals surface area contributed by atoms with Gasteiger partial charge in [0.25, 0.3) is 0 Å². The summed E-state index contributed by atoms with van der Waals surface area (Å²) in [4.78, 5) is 11.2. The summed E-state index contributed by atoms with van der Waals surface area (Å²) in [7, 11) is 2.09. The molecule has 5 heteroatoms. The van der Waals surface area contributed by atoms with Crippen LogP contribution in [0.4, 0.5) is 5.69 Å². The van der Waals surface area contributed by atoms with Gasteiger partial charge in [-0.25, -0.2) is 4.98 Å². The van der Waals surface area contributed by atoms with Gasteiger partial charge in [0, 0.05) is 34.2 Å². The molecule has 0 atom stereocenters. The first-order valence-corrected chi connectivity index (χ1v) is 7.98. The highest BCUT2D eigenvalue weighted by molar-refractivity contribution is 9.10. The number of aromatic nitrogens is 2. The fourth-order valence-electron chi connectivity index (χ4n) is 2.27. The van der Waals surface area contributed by atoms with Crippen molar-refractivity contribution in [1.82, 2.24) is 9.97 Å². The quantitative estimate of drug-likeness (QED) is 0.703. The molecule has 0 aliphatic heterocycles. The van der Waals surface area contributed by atoms with Crippen molar-refractivity contribution in [3.8, 4) is 0 Å². The van der Waals surface area contributed by atoms with Gasteiger partial charge in [0.1, 0.15) is 0 Å². The first-order valence-electron chi connectivity index (χ1n) is 6.30. The zero-order chi connectivity index (χ0) is 14.1. The smallest absolute Gasteiger partial charge is 0.0898 e. The molecule has 3 rings (SSSR count). The highest BCUT2D eigenvalue weighted by atomic mass is 79.9. The second-order valence-corrected chi connectivity index (χ2v) is 6.60. The molecule has 0 amide bonds. The molecule has 0 saturated heterocycles. The Morgan fingerprint density at radius 3 is 2.90 bits per heavy atom. The van der Waals surface area contributed by atoms with Crippen molar-refractivity contribution in [2.45, 2.75) is 13.5 Å². The third-order valence-corrected chi connectivity index (χ3v) is 4.64. The van der Waals surface area contributed by atoms with Gasteiger partial charge in [-0.05, 0) is 35.0 Å². The maximum absolute atomic E-state index is 4.53. The van der Waals surface area contributed by atoms with Gasteiger partial charge in [0.2, 0.25) is 0 Å². The number of aryl methyl sites for hydroxylation is 1. The number of hydrogen-bond donors (Lipinski definition) is 0. The second kappa shape index (κ2) is 5.50. The number of hydrogen-bond acceptors (Lipinski definition) is 4. The van der Waals surface area contributed by atoms with E-state index in [9.17, 15) is 0 Å². The fraction of sp³-hybridized carbons (Fsp3) is 0.200. The monoisotopic (exact) mass is 347 g/mol. The van der Waals surface area contributed by atoms with Crippen LogP contribution < -0.4 is 4.90 Å². The number of halogens is 1. The van der Waals surface area contributed by atoms with Crippen molar-refractivity contribution in [3.63, 3.8) is 0 Å². The SMILES string of the molecule is Cc1nc(CN(C)c2ccnc3c(Br)cccc23)cs1. The molecule has 0 unspecified atom stereocenters. The van der Waals surface area contributed by atoms with Gasteiger partial charge < -0.3 is 4.90 Å². The van der Waals surface area contributed by atoms with E-state index in [1.807, 2.05) is 31.3 Å². The average molecular weight is 348 g/mol. The van der Waals surface area contributed by atoms with Crippen LogP contribution >= 0.6 is 27.3 Å². The molecule has 0 radical (unpaired) electrons. The van der Waals surface area contributed by atoms with Crippen LogP contribution in [0.2, 0.25) is 0 Å². The largest absolute Gasteiger partial charge is 0.368 e. The molecule has 0 bridgehead atoms. The van der Waals surface area contributed by atoms with Crippen LogP contribution in [0.15, 0.2) is 40.3 Å². The summed E-state index contributed by atoms with van der Waals surface area (Å²) in [5.74, 6) is 0. The fourth-order valence-corrected chi connectivity index (χ4v) is 3.34. The van der Waals surface area contributed by atoms with Crippen molar-refractivity contribution >= 4 is 43.9 Å². The molecule has 20 heavy (non-hydrogen) atoms. The minimum Gasteiger partial charge on any atom is -0.368 e. The standard InChI is InChI=1S/C15H14BrN3S/c1-10-18-11(9-20-10)8-19(2)14-6-7-17-15-12(14)4-3-5-13(15)16/h3-7,9H,8H2,1-2H3. The number of nitrogens with zero attached hydrogens (tertiary/aromatic N) is 3. The maximum atomic E-state index is 4.53. The lowest BCUT2D eigenvalue weighted by Crippen LogP contribution is -2.17. The Hall–Kier alpha value is -1.46. The molecule has 102 valence electrons. The molecule has 3 aromatic rings. The predicted octanol–water partition coefficient (Wildman–Crippen LogP) is 4.40. The first kappa shape index (κ1) is 13.5. The lowest BCUT2D eigenvalue weighted by Gasteiger charge is -2.20. The van der Waals surface area contributed by atoms with Gasteiger partial charge in [-0.2, -0.15) is 0 Å². The molecular weight excluding hydrogens is 334 g/mol. The van der Waals surface area contributed by atoms with Crippen LogP contribution in [-0.4, -0.2) is 17.0 Å². The van der Waals surface area contributed by atoms with Crippen LogP contribution in [0.25, 0.3) is 10.9 Å². The van der Waals surface area contributed by atoms with Crippen LogP contribution in [0.3, 0.4) is 0 Å². The summed E-state index contributed by atoms with van der Waals surface area (Å²) < 4.78 is 1.02. The normalized spacial score (nSPS) is 10.9. The van der Waals surface area contributed by atoms with E-state index in [-0.39, 0.29) is 0 Å². The molecular formula is C15H14BrN3S. The second-order valence-electron chi connectivity index (χ2n) is 4.68. The number of para-hydroxylation sites is 1. The number of fused-ring (bicyclic) bond motifs is 1. The Morgan fingerprint density at radius 1 is 1.30 bits per heavy atom. The first-order chi connectivity index (χ1) is 9.65. The van der Waals surface area contributed by atoms with Gasteiger partial charge in [-0.3, -0.25) is 4.98 Å². The molecule has 0 saturated carbocycles. The predicted molar refractivity (Wildman–Crippen MR) is 88.4 cm³/mol. The van der Waals surface area contributed by atoms with E-state index in [4.69, 9.17) is 0 Å². The zero-order valence-corrected chi connectivity index (χ0v) is 13.7. The number of rotatable bonds is 3. The third-order valence-electron chi connectivity index (χ3n) is 3.18. The summed E-state index contributed by atoms with van der Waals surface area (Å²) >= 11 is 5.25. The van der Waals surface area contributed by atoms with Crippen LogP contribution in [-0.2, 0) is 6.54 Å². The Balaban J connectivity index is 1.99. The van der Waals surface area contributed by atoms with E-state index in [1.54, 1.807) is 11.3 Å². The molecule has 2 aromatic heterocycles. The molecule has 0 fully saturated rings. The van der Waals surface area contributed by atoms with Crippen LogP contribution in [0, 0.1) is 6.92 Å². The Kier molecular flexibility index (Phi) is 3.72. The number of pyridine rings is 1. The Labute approximate surface area is 130 Å². The van der Waals surface area contributed by atoms with Crippen LogP contribution in [0.5, 0.6) is 0 Å². The highest BCUT2D eigenvalue weighted by Crippen LogP contribution is 2.29. The molecule has 0 spiro atoms. The van der Waals surface area contributed by atoms with Crippen molar-refractivity contribution in [2.75, 3.05) is 11.9 Å². The molecule has 1 aromatic carbocycles. The summed E-state index contributed by atoms with van der Waals surface area (Å²) in [5, 5.41) is 4.37. The van der Waals surface area contributed by atoms with E-state index in [2.05, 4.69) is 49.3 Å². The van der Waals surface area contributed by atoms with Gasteiger partial charge in [0.15, 0.2) is 0 Å². The van der Waals surface area contributed by atoms with E-state index in [1.165, 1.54) is 5.69 Å². The average Bonchev–Trinajstić information content (AvgIpc) is 2.84. The van der Waals surface area contributed by atoms with Crippen molar-refractivity contribution < 1.29 is 0 Å². The molecule has 0 aliphatic carbocycles. The maximum Gasteiger partial charge on any atom is 0.0898 e. The lowest BCUT2D eigenvalue weighted by atomic mass is 10.1. The van der Waals surface area contributed by atoms with E-state index < -0.39 is 0 Å². The van der Waals surface area contributed by atoms with Crippen molar-refractivity contribution in [1.29, 1.82) is 0 Å². The topological polar surface area (TPSA) is 29.0 Å². The van der Waals surface area contributed by atoms with Gasteiger partial charge >= 0.3 is 0 Å². The molecule has 2 heterocycles. The molecule has 0 aliphatic rings. The van der Waals surface area contributed by atoms with Gasteiger partial charge in [0.05, 0.1) is 22.8 Å². The Bertz CT molecular complexity index is 754. The van der Waals surface area contributed by atoms with E-state index in [0.29, 0.717) is 0 Å². The molecule has 3 nitrogen and oxygen atoms in total. The van der Waals surface area contributed by atoms with Crippen LogP contribution in [0.1, 0.15) is 10.7 Å². The highest BCUT2D eigenvalue weighted by Gasteiger charge is 2.10. The van der Waals surface area contributed by atoms with Gasteiger partial charge in [-0.1, -0.05) is 12.1 Å². The van der Waals surface area contributed by atoms with Crippen molar-refractivity contribution in [3.05, 3.63) is 51.0 Å². The van der Waals surface area contributed by atoms with Crippen molar-refractivity contribution in [2.24, 2.45) is 0 Å². The summed E-state index contributed by atoms with van der Waals surface area (Å²) in [6, 6.07) is 8.21. The van der Waals surface area contributed by atoms with E-state index >= 15 is 0 Å². The van der Waals surface area contributed by atoms with E-state index in [0.717, 1.165) is 32.6 Å². The number of anilines is 1. The third kappa shape index (κ3) is 2.55. The lowest BCUT2D eigenvalue weighted by molar-refractivity contribution is 0.893.